The van der Waals surface area contributed by atoms with E-state index in [1.54, 1.807) is 0 Å². The Balaban J connectivity index is 1.59. The summed E-state index contributed by atoms with van der Waals surface area (Å²) < 4.78 is 124. The summed E-state index contributed by atoms with van der Waals surface area (Å²) in [5.74, 6) is -1.29. The fourth-order valence-corrected chi connectivity index (χ4v) is 6.38. The first kappa shape index (κ1) is 29.0. The Morgan fingerprint density at radius 2 is 1.80 bits per heavy atom. The molecule has 0 spiro atoms. The highest BCUT2D eigenvalue weighted by atomic mass is 32.2. The minimum absolute atomic E-state index is 0.0559. The van der Waals surface area contributed by atoms with Crippen LogP contribution in [-0.2, 0) is 20.9 Å². The standard InChI is InChI=1S/C27H23F6NO6S/c28-19-6-17(7-20(10-19)40-25(29)30)16-4-5-24-23(8-16)34(12-21(39-24)11-26(13-35)14-38-15-26)41(36,37)22-3-1-2-18(9-22)27(31,32)33/h1-10,21,25,35H,11-15H2. The number of benzene rings is 3. The first-order chi connectivity index (χ1) is 19.3. The Bertz CT molecular complexity index is 1540. The molecule has 0 radical (unpaired) electrons. The molecule has 2 aliphatic heterocycles. The number of aliphatic hydroxyl groups excluding tert-OH is 1. The predicted molar refractivity (Wildman–Crippen MR) is 134 cm³/mol. The third-order valence-corrected chi connectivity index (χ3v) is 8.66. The maximum atomic E-state index is 14.2. The molecule has 41 heavy (non-hydrogen) atoms. The van der Waals surface area contributed by atoms with Crippen molar-refractivity contribution >= 4 is 15.7 Å². The molecule has 7 nitrogen and oxygen atoms in total. The van der Waals surface area contributed by atoms with Crippen molar-refractivity contribution in [3.05, 3.63) is 72.0 Å². The van der Waals surface area contributed by atoms with Gasteiger partial charge in [0.15, 0.2) is 0 Å². The van der Waals surface area contributed by atoms with Crippen LogP contribution >= 0.6 is 0 Å². The summed E-state index contributed by atoms with van der Waals surface area (Å²) in [6.07, 6.45) is -5.40. The van der Waals surface area contributed by atoms with E-state index in [9.17, 15) is 39.9 Å². The average molecular weight is 604 g/mol. The second kappa shape index (κ2) is 10.7. The van der Waals surface area contributed by atoms with Gasteiger partial charge in [0.1, 0.15) is 23.4 Å². The van der Waals surface area contributed by atoms with Crippen LogP contribution in [0.15, 0.2) is 65.6 Å². The van der Waals surface area contributed by atoms with E-state index in [0.717, 1.165) is 40.7 Å². The normalized spacial score (nSPS) is 18.4. The van der Waals surface area contributed by atoms with E-state index in [0.29, 0.717) is 6.07 Å². The van der Waals surface area contributed by atoms with Crippen molar-refractivity contribution in [2.24, 2.45) is 5.41 Å². The van der Waals surface area contributed by atoms with Crippen LogP contribution in [0.4, 0.5) is 32.0 Å². The molecular weight excluding hydrogens is 580 g/mol. The fourth-order valence-electron chi connectivity index (χ4n) is 4.83. The summed E-state index contributed by atoms with van der Waals surface area (Å²) >= 11 is 0. The van der Waals surface area contributed by atoms with Gasteiger partial charge in [-0.15, -0.1) is 0 Å². The fraction of sp³-hybridized carbons (Fsp3) is 0.333. The molecule has 2 aliphatic rings. The van der Waals surface area contributed by atoms with E-state index in [-0.39, 0.29) is 55.4 Å². The minimum atomic E-state index is -4.79. The van der Waals surface area contributed by atoms with Crippen LogP contribution < -0.4 is 13.8 Å². The number of hydrogen-bond acceptors (Lipinski definition) is 6. The zero-order chi connectivity index (χ0) is 29.6. The molecule has 2 heterocycles. The molecule has 0 amide bonds. The lowest BCUT2D eigenvalue weighted by atomic mass is 9.81. The Morgan fingerprint density at radius 3 is 2.44 bits per heavy atom. The number of alkyl halides is 5. The second-order valence-corrected chi connectivity index (χ2v) is 11.8. The molecule has 220 valence electrons. The molecule has 1 atom stereocenters. The molecule has 14 heteroatoms. The number of halogens is 6. The van der Waals surface area contributed by atoms with Gasteiger partial charge in [-0.1, -0.05) is 12.1 Å². The van der Waals surface area contributed by atoms with Crippen LogP contribution in [0.2, 0.25) is 0 Å². The van der Waals surface area contributed by atoms with Gasteiger partial charge in [0.05, 0.1) is 42.5 Å². The van der Waals surface area contributed by atoms with E-state index < -0.39 is 56.4 Å². The quantitative estimate of drug-likeness (QED) is 0.344. The zero-order valence-corrected chi connectivity index (χ0v) is 21.9. The lowest BCUT2D eigenvalue weighted by molar-refractivity contribution is -0.151. The van der Waals surface area contributed by atoms with E-state index in [2.05, 4.69) is 4.74 Å². The monoisotopic (exact) mass is 603 g/mol. The van der Waals surface area contributed by atoms with Crippen LogP contribution in [-0.4, -0.2) is 52.6 Å². The Morgan fingerprint density at radius 1 is 1.05 bits per heavy atom. The van der Waals surface area contributed by atoms with Crippen molar-refractivity contribution in [1.82, 2.24) is 0 Å². The molecule has 0 saturated carbocycles. The topological polar surface area (TPSA) is 85.3 Å². The number of nitrogens with zero attached hydrogens (tertiary/aromatic N) is 1. The van der Waals surface area contributed by atoms with Gasteiger partial charge >= 0.3 is 12.8 Å². The lowest BCUT2D eigenvalue weighted by Crippen LogP contribution is -2.52. The Kier molecular flexibility index (Phi) is 7.59. The molecule has 0 aliphatic carbocycles. The molecule has 5 rings (SSSR count). The second-order valence-electron chi connectivity index (χ2n) is 9.89. The summed E-state index contributed by atoms with van der Waals surface area (Å²) in [6.45, 7) is -3.34. The van der Waals surface area contributed by atoms with Crippen molar-refractivity contribution in [3.63, 3.8) is 0 Å². The number of sulfonamides is 1. The van der Waals surface area contributed by atoms with E-state index in [1.807, 2.05) is 0 Å². The molecule has 1 saturated heterocycles. The van der Waals surface area contributed by atoms with Crippen LogP contribution in [0.25, 0.3) is 11.1 Å². The summed E-state index contributed by atoms with van der Waals surface area (Å²) in [6, 6.07) is 10.4. The lowest BCUT2D eigenvalue weighted by Gasteiger charge is -2.44. The van der Waals surface area contributed by atoms with Gasteiger partial charge in [0.25, 0.3) is 10.0 Å². The van der Waals surface area contributed by atoms with Gasteiger partial charge < -0.3 is 19.3 Å². The van der Waals surface area contributed by atoms with Crippen LogP contribution in [0, 0.1) is 11.2 Å². The van der Waals surface area contributed by atoms with Gasteiger partial charge in [-0.05, 0) is 60.0 Å². The van der Waals surface area contributed by atoms with Crippen molar-refractivity contribution in [2.45, 2.75) is 30.2 Å². The van der Waals surface area contributed by atoms with E-state index >= 15 is 0 Å². The van der Waals surface area contributed by atoms with E-state index in [1.165, 1.54) is 18.2 Å². The number of aliphatic hydroxyl groups is 1. The van der Waals surface area contributed by atoms with Gasteiger partial charge in [0.2, 0.25) is 0 Å². The van der Waals surface area contributed by atoms with Crippen LogP contribution in [0.1, 0.15) is 12.0 Å². The molecule has 0 bridgehead atoms. The van der Waals surface area contributed by atoms with Crippen molar-refractivity contribution in [3.8, 4) is 22.6 Å². The maximum absolute atomic E-state index is 14.2. The zero-order valence-electron chi connectivity index (χ0n) is 21.1. The smallest absolute Gasteiger partial charge is 0.416 e. The SMILES string of the molecule is O=S(=O)(c1cccc(C(F)(F)F)c1)N1CC(CC2(CO)COC2)Oc2ccc(-c3cc(F)cc(OC(F)F)c3)cc21. The molecular formula is C27H23F6NO6S. The van der Waals surface area contributed by atoms with Gasteiger partial charge in [-0.2, -0.15) is 22.0 Å². The summed E-state index contributed by atoms with van der Waals surface area (Å²) in [5, 5.41) is 9.87. The first-order valence-corrected chi connectivity index (χ1v) is 13.7. The van der Waals surface area contributed by atoms with Gasteiger partial charge in [0, 0.05) is 11.5 Å². The first-order valence-electron chi connectivity index (χ1n) is 12.2. The van der Waals surface area contributed by atoms with Crippen LogP contribution in [0.5, 0.6) is 11.5 Å². The highest BCUT2D eigenvalue weighted by molar-refractivity contribution is 7.92. The Hall–Kier alpha value is -3.49. The average Bonchev–Trinajstić information content (AvgIpc) is 2.89. The molecule has 0 aromatic heterocycles. The van der Waals surface area contributed by atoms with Crippen molar-refractivity contribution in [1.29, 1.82) is 0 Å². The number of fused-ring (bicyclic) bond motifs is 1. The van der Waals surface area contributed by atoms with E-state index in [4.69, 9.17) is 9.47 Å². The number of ether oxygens (including phenoxy) is 3. The Labute approximate surface area is 230 Å². The summed E-state index contributed by atoms with van der Waals surface area (Å²) in [4.78, 5) is -0.619. The van der Waals surface area contributed by atoms with Crippen molar-refractivity contribution < 1.29 is 54.1 Å². The molecule has 3 aromatic carbocycles. The number of hydrogen-bond donors (Lipinski definition) is 1. The molecule has 1 N–H and O–H groups in total. The maximum Gasteiger partial charge on any atom is 0.416 e. The third-order valence-electron chi connectivity index (χ3n) is 6.88. The predicted octanol–water partition coefficient (Wildman–Crippen LogP) is 5.47. The highest BCUT2D eigenvalue weighted by Gasteiger charge is 2.44. The van der Waals surface area contributed by atoms with Gasteiger partial charge in [-0.3, -0.25) is 4.31 Å². The largest absolute Gasteiger partial charge is 0.486 e. The van der Waals surface area contributed by atoms with Crippen LogP contribution in [0.3, 0.4) is 0 Å². The number of rotatable bonds is 8. The molecule has 1 fully saturated rings. The van der Waals surface area contributed by atoms with Gasteiger partial charge in [-0.25, -0.2) is 12.8 Å². The molecule has 1 unspecified atom stereocenters. The molecule has 3 aromatic rings. The van der Waals surface area contributed by atoms with Crippen molar-refractivity contribution in [2.75, 3.05) is 30.7 Å². The summed E-state index contributed by atoms with van der Waals surface area (Å²) in [5.41, 5.74) is -1.61. The highest BCUT2D eigenvalue weighted by Crippen LogP contribution is 2.44. The number of anilines is 1. The minimum Gasteiger partial charge on any atom is -0.486 e. The third kappa shape index (κ3) is 5.95. The summed E-state index contributed by atoms with van der Waals surface area (Å²) in [7, 11) is -4.61.